The maximum Gasteiger partial charge on any atom is 0.373 e. The molecule has 0 aliphatic carbocycles. The van der Waals surface area contributed by atoms with Crippen LogP contribution in [0.5, 0.6) is 0 Å². The lowest BCUT2D eigenvalue weighted by molar-refractivity contribution is -0.147. The molecule has 0 aromatic carbocycles. The Labute approximate surface area is 124 Å². The topological polar surface area (TPSA) is 35.5 Å². The maximum absolute atomic E-state index is 11.7. The first-order chi connectivity index (χ1) is 9.61. The number of ether oxygens (including phenoxy) is 2. The Morgan fingerprint density at radius 1 is 1.00 bits per heavy atom. The van der Waals surface area contributed by atoms with Crippen LogP contribution in [0.25, 0.3) is 0 Å². The number of unbranched alkanes of at least 4 members (excludes halogenated alkanes) is 6. The molecule has 0 bridgehead atoms. The van der Waals surface area contributed by atoms with Gasteiger partial charge in [0, 0.05) is 0 Å². The van der Waals surface area contributed by atoms with Gasteiger partial charge in [0.25, 0.3) is 0 Å². The van der Waals surface area contributed by atoms with E-state index >= 15 is 0 Å². The smallest absolute Gasteiger partial charge is 0.373 e. The molecule has 0 aliphatic rings. The molecule has 1 atom stereocenters. The number of esters is 1. The SMILES string of the molecule is C=C(OCCCCCCCC)C(=O)OC(C)CCCC. The normalized spacial score (nSPS) is 11.9. The van der Waals surface area contributed by atoms with Crippen LogP contribution in [0.15, 0.2) is 12.3 Å². The van der Waals surface area contributed by atoms with Crippen molar-refractivity contribution in [1.29, 1.82) is 0 Å². The minimum absolute atomic E-state index is 0.0585. The molecule has 20 heavy (non-hydrogen) atoms. The fourth-order valence-electron chi connectivity index (χ4n) is 1.94. The summed E-state index contributed by atoms with van der Waals surface area (Å²) >= 11 is 0. The first-order valence-electron chi connectivity index (χ1n) is 8.14. The van der Waals surface area contributed by atoms with Gasteiger partial charge < -0.3 is 9.47 Å². The molecular weight excluding hydrogens is 252 g/mol. The second kappa shape index (κ2) is 13.0. The van der Waals surface area contributed by atoms with E-state index in [1.165, 1.54) is 25.7 Å². The lowest BCUT2D eigenvalue weighted by Gasteiger charge is -2.14. The van der Waals surface area contributed by atoms with Gasteiger partial charge in [-0.1, -0.05) is 58.8 Å². The van der Waals surface area contributed by atoms with Gasteiger partial charge in [0.2, 0.25) is 0 Å². The number of hydrogen-bond donors (Lipinski definition) is 0. The molecule has 0 aromatic heterocycles. The Bertz CT molecular complexity index is 261. The first-order valence-corrected chi connectivity index (χ1v) is 8.14. The zero-order chi connectivity index (χ0) is 15.2. The summed E-state index contributed by atoms with van der Waals surface area (Å²) < 4.78 is 10.6. The predicted molar refractivity (Wildman–Crippen MR) is 83.5 cm³/mol. The van der Waals surface area contributed by atoms with Crippen LogP contribution in [0.3, 0.4) is 0 Å². The number of carbonyl (C=O) groups excluding carboxylic acids is 1. The van der Waals surface area contributed by atoms with Gasteiger partial charge >= 0.3 is 5.97 Å². The molecule has 0 saturated heterocycles. The number of carbonyl (C=O) groups is 1. The zero-order valence-corrected chi connectivity index (χ0v) is 13.6. The second-order valence-corrected chi connectivity index (χ2v) is 5.40. The van der Waals surface area contributed by atoms with Gasteiger partial charge in [-0.2, -0.15) is 0 Å². The van der Waals surface area contributed by atoms with Crippen LogP contribution in [-0.2, 0) is 14.3 Å². The van der Waals surface area contributed by atoms with Crippen molar-refractivity contribution in [3.63, 3.8) is 0 Å². The van der Waals surface area contributed by atoms with E-state index in [1.54, 1.807) is 0 Å². The Hall–Kier alpha value is -0.990. The Kier molecular flexibility index (Phi) is 12.4. The Morgan fingerprint density at radius 3 is 2.25 bits per heavy atom. The monoisotopic (exact) mass is 284 g/mol. The number of rotatable bonds is 13. The van der Waals surface area contributed by atoms with E-state index in [0.717, 1.165) is 32.1 Å². The molecule has 0 spiro atoms. The molecule has 1 unspecified atom stereocenters. The van der Waals surface area contributed by atoms with Crippen molar-refractivity contribution >= 4 is 5.97 Å². The predicted octanol–water partition coefficient (Wildman–Crippen LogP) is 5.00. The van der Waals surface area contributed by atoms with Crippen molar-refractivity contribution in [2.45, 2.75) is 84.7 Å². The average Bonchev–Trinajstić information content (AvgIpc) is 2.43. The van der Waals surface area contributed by atoms with Gasteiger partial charge in [-0.05, 0) is 26.3 Å². The van der Waals surface area contributed by atoms with Crippen molar-refractivity contribution in [3.8, 4) is 0 Å². The highest BCUT2D eigenvalue weighted by molar-refractivity contribution is 5.85. The number of hydrogen-bond acceptors (Lipinski definition) is 3. The van der Waals surface area contributed by atoms with Crippen LogP contribution in [0.4, 0.5) is 0 Å². The van der Waals surface area contributed by atoms with E-state index < -0.39 is 5.97 Å². The largest absolute Gasteiger partial charge is 0.487 e. The van der Waals surface area contributed by atoms with Crippen molar-refractivity contribution in [2.24, 2.45) is 0 Å². The van der Waals surface area contributed by atoms with Gasteiger partial charge in [-0.25, -0.2) is 4.79 Å². The minimum atomic E-state index is -0.417. The van der Waals surface area contributed by atoms with E-state index in [2.05, 4.69) is 20.4 Å². The highest BCUT2D eigenvalue weighted by Crippen LogP contribution is 2.09. The van der Waals surface area contributed by atoms with Crippen LogP contribution >= 0.6 is 0 Å². The molecule has 0 saturated carbocycles. The molecule has 0 rings (SSSR count). The molecule has 0 fully saturated rings. The lowest BCUT2D eigenvalue weighted by atomic mass is 10.1. The van der Waals surface area contributed by atoms with Crippen molar-refractivity contribution in [1.82, 2.24) is 0 Å². The quantitative estimate of drug-likeness (QED) is 0.207. The summed E-state index contributed by atoms with van der Waals surface area (Å²) in [5.41, 5.74) is 0. The van der Waals surface area contributed by atoms with Crippen molar-refractivity contribution in [3.05, 3.63) is 12.3 Å². The van der Waals surface area contributed by atoms with Gasteiger partial charge in [0.1, 0.15) is 0 Å². The van der Waals surface area contributed by atoms with Crippen LogP contribution in [0.1, 0.15) is 78.6 Å². The van der Waals surface area contributed by atoms with Gasteiger partial charge in [0.15, 0.2) is 5.76 Å². The molecule has 118 valence electrons. The van der Waals surface area contributed by atoms with Crippen LogP contribution in [0.2, 0.25) is 0 Å². The fraction of sp³-hybridized carbons (Fsp3) is 0.824. The third-order valence-corrected chi connectivity index (χ3v) is 3.27. The van der Waals surface area contributed by atoms with E-state index in [9.17, 15) is 4.79 Å². The standard InChI is InChI=1S/C17H32O3/c1-5-7-9-10-11-12-14-19-16(4)17(18)20-15(3)13-8-6-2/h15H,4-14H2,1-3H3. The summed E-state index contributed by atoms with van der Waals surface area (Å²) in [5, 5.41) is 0. The first kappa shape index (κ1) is 19.0. The molecule has 3 heteroatoms. The summed E-state index contributed by atoms with van der Waals surface area (Å²) in [6.07, 6.45) is 10.2. The Morgan fingerprint density at radius 2 is 1.60 bits per heavy atom. The van der Waals surface area contributed by atoms with Crippen LogP contribution in [-0.4, -0.2) is 18.7 Å². The van der Waals surface area contributed by atoms with E-state index in [0.29, 0.717) is 6.61 Å². The summed E-state index contributed by atoms with van der Waals surface area (Å²) in [6.45, 7) is 10.4. The fourth-order valence-corrected chi connectivity index (χ4v) is 1.94. The highest BCUT2D eigenvalue weighted by Gasteiger charge is 2.13. The van der Waals surface area contributed by atoms with Crippen LogP contribution < -0.4 is 0 Å². The molecule has 0 radical (unpaired) electrons. The maximum atomic E-state index is 11.7. The zero-order valence-electron chi connectivity index (χ0n) is 13.6. The third kappa shape index (κ3) is 10.9. The third-order valence-electron chi connectivity index (χ3n) is 3.27. The van der Waals surface area contributed by atoms with Gasteiger partial charge in [-0.15, -0.1) is 0 Å². The summed E-state index contributed by atoms with van der Waals surface area (Å²) in [6, 6.07) is 0. The molecule has 0 N–H and O–H groups in total. The molecular formula is C17H32O3. The van der Waals surface area contributed by atoms with Crippen LogP contribution in [0, 0.1) is 0 Å². The summed E-state index contributed by atoms with van der Waals surface area (Å²) in [4.78, 5) is 11.7. The molecule has 0 heterocycles. The van der Waals surface area contributed by atoms with Crippen molar-refractivity contribution < 1.29 is 14.3 Å². The minimum Gasteiger partial charge on any atom is -0.487 e. The van der Waals surface area contributed by atoms with Gasteiger partial charge in [-0.3, -0.25) is 0 Å². The average molecular weight is 284 g/mol. The van der Waals surface area contributed by atoms with E-state index in [-0.39, 0.29) is 11.9 Å². The summed E-state index contributed by atoms with van der Waals surface area (Å²) in [5.74, 6) is -0.276. The summed E-state index contributed by atoms with van der Waals surface area (Å²) in [7, 11) is 0. The molecule has 0 amide bonds. The van der Waals surface area contributed by atoms with E-state index in [1.807, 2.05) is 6.92 Å². The highest BCUT2D eigenvalue weighted by atomic mass is 16.6. The molecule has 3 nitrogen and oxygen atoms in total. The Balaban J connectivity index is 3.57. The van der Waals surface area contributed by atoms with Crippen molar-refractivity contribution in [2.75, 3.05) is 6.61 Å². The molecule has 0 aliphatic heterocycles. The second-order valence-electron chi connectivity index (χ2n) is 5.40. The molecule has 0 aromatic rings. The van der Waals surface area contributed by atoms with E-state index in [4.69, 9.17) is 9.47 Å². The van der Waals surface area contributed by atoms with Gasteiger partial charge in [0.05, 0.1) is 12.7 Å². The lowest BCUT2D eigenvalue weighted by Crippen LogP contribution is -2.17.